The summed E-state index contributed by atoms with van der Waals surface area (Å²) in [6, 6.07) is 2.33. The van der Waals surface area contributed by atoms with Crippen LogP contribution in [0.2, 0.25) is 0 Å². The van der Waals surface area contributed by atoms with E-state index in [1.807, 2.05) is 18.5 Å². The number of aliphatic hydroxyl groups excluding tert-OH is 1. The fourth-order valence-electron chi connectivity index (χ4n) is 3.82. The molecule has 0 radical (unpaired) electrons. The van der Waals surface area contributed by atoms with Crippen molar-refractivity contribution < 1.29 is 5.11 Å². The molecule has 1 saturated carbocycles. The third kappa shape index (κ3) is 2.53. The maximum atomic E-state index is 9.82. The zero-order valence-electron chi connectivity index (χ0n) is 13.2. The van der Waals surface area contributed by atoms with Crippen LogP contribution >= 0.6 is 0 Å². The standard InChI is InChI=1S/C17H21N5O/c1-2-15(11-3-4-13(23)7-11)22-9-12(8-21-22)16-14-5-6-18-17(14)20-10-19-16/h5-6,8-11,13,15,23H,2-4,7H2,1H3,(H,18,19,20)/t11-,13+,15?/m0/s1. The van der Waals surface area contributed by atoms with E-state index >= 15 is 0 Å². The van der Waals surface area contributed by atoms with Crippen LogP contribution in [0.5, 0.6) is 0 Å². The van der Waals surface area contributed by atoms with E-state index in [4.69, 9.17) is 0 Å². The van der Waals surface area contributed by atoms with Gasteiger partial charge < -0.3 is 10.1 Å². The number of hydrogen-bond acceptors (Lipinski definition) is 4. The first-order valence-corrected chi connectivity index (χ1v) is 8.27. The second-order valence-electron chi connectivity index (χ2n) is 6.37. The number of fused-ring (bicyclic) bond motifs is 1. The summed E-state index contributed by atoms with van der Waals surface area (Å²) in [4.78, 5) is 11.8. The third-order valence-corrected chi connectivity index (χ3v) is 4.98. The highest BCUT2D eigenvalue weighted by atomic mass is 16.3. The number of nitrogens with zero attached hydrogens (tertiary/aromatic N) is 4. The monoisotopic (exact) mass is 311 g/mol. The lowest BCUT2D eigenvalue weighted by Crippen LogP contribution is -2.18. The number of aromatic amines is 1. The molecule has 23 heavy (non-hydrogen) atoms. The van der Waals surface area contributed by atoms with Crippen molar-refractivity contribution in [3.8, 4) is 11.3 Å². The number of H-pyrrole nitrogens is 1. The highest BCUT2D eigenvalue weighted by molar-refractivity contribution is 5.89. The Hall–Kier alpha value is -2.21. The van der Waals surface area contributed by atoms with Crippen LogP contribution in [0.25, 0.3) is 22.3 Å². The fraction of sp³-hybridized carbons (Fsp3) is 0.471. The van der Waals surface area contributed by atoms with Crippen LogP contribution < -0.4 is 0 Å². The van der Waals surface area contributed by atoms with Crippen LogP contribution in [0.15, 0.2) is 31.0 Å². The van der Waals surface area contributed by atoms with Crippen LogP contribution in [-0.4, -0.2) is 35.9 Å². The highest BCUT2D eigenvalue weighted by Crippen LogP contribution is 2.36. The summed E-state index contributed by atoms with van der Waals surface area (Å²) < 4.78 is 2.05. The number of aromatic nitrogens is 5. The molecule has 3 atom stereocenters. The molecule has 3 heterocycles. The van der Waals surface area contributed by atoms with Crippen LogP contribution in [0.3, 0.4) is 0 Å². The Morgan fingerprint density at radius 3 is 3.09 bits per heavy atom. The van der Waals surface area contributed by atoms with Gasteiger partial charge in [0.2, 0.25) is 0 Å². The Kier molecular flexibility index (Phi) is 3.61. The van der Waals surface area contributed by atoms with Crippen molar-refractivity contribution in [1.82, 2.24) is 24.7 Å². The summed E-state index contributed by atoms with van der Waals surface area (Å²) in [5, 5.41) is 15.4. The van der Waals surface area contributed by atoms with Gasteiger partial charge in [-0.15, -0.1) is 0 Å². The van der Waals surface area contributed by atoms with Crippen molar-refractivity contribution in [2.75, 3.05) is 0 Å². The summed E-state index contributed by atoms with van der Waals surface area (Å²) in [5.41, 5.74) is 2.76. The molecule has 3 aromatic heterocycles. The fourth-order valence-corrected chi connectivity index (χ4v) is 3.82. The largest absolute Gasteiger partial charge is 0.393 e. The van der Waals surface area contributed by atoms with Gasteiger partial charge in [0.15, 0.2) is 0 Å². The van der Waals surface area contributed by atoms with Crippen molar-refractivity contribution in [3.05, 3.63) is 31.0 Å². The Labute approximate surface area is 134 Å². The second-order valence-corrected chi connectivity index (χ2v) is 6.37. The number of rotatable bonds is 4. The highest BCUT2D eigenvalue weighted by Gasteiger charge is 2.30. The first kappa shape index (κ1) is 14.4. The Morgan fingerprint density at radius 2 is 2.30 bits per heavy atom. The van der Waals surface area contributed by atoms with E-state index in [-0.39, 0.29) is 6.10 Å². The van der Waals surface area contributed by atoms with E-state index in [0.717, 1.165) is 48.0 Å². The summed E-state index contributed by atoms with van der Waals surface area (Å²) in [6.07, 6.45) is 11.1. The van der Waals surface area contributed by atoms with Crippen LogP contribution in [-0.2, 0) is 0 Å². The Morgan fingerprint density at radius 1 is 1.39 bits per heavy atom. The van der Waals surface area contributed by atoms with E-state index in [9.17, 15) is 5.11 Å². The van der Waals surface area contributed by atoms with Crippen LogP contribution in [0.4, 0.5) is 0 Å². The molecule has 1 unspecified atom stereocenters. The van der Waals surface area contributed by atoms with Crippen molar-refractivity contribution in [3.63, 3.8) is 0 Å². The molecule has 2 N–H and O–H groups in total. The van der Waals surface area contributed by atoms with Crippen molar-refractivity contribution in [1.29, 1.82) is 0 Å². The SMILES string of the molecule is CCC([C@H]1CC[C@@H](O)C1)n1cc(-c2ncnc3[nH]ccc23)cn1. The van der Waals surface area contributed by atoms with Gasteiger partial charge in [0.05, 0.1) is 24.0 Å². The first-order chi connectivity index (χ1) is 11.3. The molecule has 1 aliphatic carbocycles. The normalized spacial score (nSPS) is 22.7. The van der Waals surface area contributed by atoms with Crippen LogP contribution in [0, 0.1) is 5.92 Å². The minimum absolute atomic E-state index is 0.148. The van der Waals surface area contributed by atoms with Gasteiger partial charge >= 0.3 is 0 Å². The first-order valence-electron chi connectivity index (χ1n) is 8.27. The van der Waals surface area contributed by atoms with E-state index in [1.165, 1.54) is 0 Å². The smallest absolute Gasteiger partial charge is 0.141 e. The molecule has 120 valence electrons. The van der Waals surface area contributed by atoms with Crippen LogP contribution in [0.1, 0.15) is 38.6 Å². The molecule has 0 bridgehead atoms. The zero-order valence-corrected chi connectivity index (χ0v) is 13.2. The van der Waals surface area contributed by atoms with Gasteiger partial charge in [0, 0.05) is 23.3 Å². The number of aliphatic hydroxyl groups is 1. The molecule has 0 aromatic carbocycles. The average Bonchev–Trinajstić information content (AvgIpc) is 3.28. The zero-order chi connectivity index (χ0) is 15.8. The summed E-state index contributed by atoms with van der Waals surface area (Å²) in [5.74, 6) is 0.500. The molecule has 6 nitrogen and oxygen atoms in total. The summed E-state index contributed by atoms with van der Waals surface area (Å²) in [6.45, 7) is 2.19. The molecule has 0 saturated heterocycles. The minimum atomic E-state index is -0.148. The summed E-state index contributed by atoms with van der Waals surface area (Å²) >= 11 is 0. The second kappa shape index (κ2) is 5.77. The lowest BCUT2D eigenvalue weighted by Gasteiger charge is -2.22. The van der Waals surface area contributed by atoms with Gasteiger partial charge in [0.1, 0.15) is 12.0 Å². The van der Waals surface area contributed by atoms with Gasteiger partial charge in [-0.25, -0.2) is 9.97 Å². The molecule has 0 spiro atoms. The molecular formula is C17H21N5O. The van der Waals surface area contributed by atoms with E-state index in [1.54, 1.807) is 6.33 Å². The van der Waals surface area contributed by atoms with Gasteiger partial charge in [-0.3, -0.25) is 4.68 Å². The molecule has 3 aromatic rings. The van der Waals surface area contributed by atoms with Crippen molar-refractivity contribution in [2.45, 2.75) is 44.8 Å². The third-order valence-electron chi connectivity index (χ3n) is 4.98. The molecule has 1 aliphatic rings. The van der Waals surface area contributed by atoms with Crippen molar-refractivity contribution >= 4 is 11.0 Å². The maximum Gasteiger partial charge on any atom is 0.141 e. The predicted octanol–water partition coefficient (Wildman–Crippen LogP) is 2.93. The number of nitrogens with one attached hydrogen (secondary N) is 1. The van der Waals surface area contributed by atoms with E-state index in [2.05, 4.69) is 37.9 Å². The topological polar surface area (TPSA) is 79.6 Å². The maximum absolute atomic E-state index is 9.82. The van der Waals surface area contributed by atoms with Gasteiger partial charge in [0.25, 0.3) is 0 Å². The molecule has 1 fully saturated rings. The number of hydrogen-bond donors (Lipinski definition) is 2. The lowest BCUT2D eigenvalue weighted by molar-refractivity contribution is 0.169. The average molecular weight is 311 g/mol. The molecule has 6 heteroatoms. The molecule has 4 rings (SSSR count). The Balaban J connectivity index is 1.67. The quantitative estimate of drug-likeness (QED) is 0.776. The molecular weight excluding hydrogens is 290 g/mol. The minimum Gasteiger partial charge on any atom is -0.393 e. The predicted molar refractivity (Wildman–Crippen MR) is 87.8 cm³/mol. The summed E-state index contributed by atoms with van der Waals surface area (Å²) in [7, 11) is 0. The van der Waals surface area contributed by atoms with Crippen molar-refractivity contribution in [2.24, 2.45) is 5.92 Å². The van der Waals surface area contributed by atoms with Gasteiger partial charge in [-0.1, -0.05) is 6.92 Å². The molecule has 0 aliphatic heterocycles. The molecule has 0 amide bonds. The Bertz CT molecular complexity index is 808. The lowest BCUT2D eigenvalue weighted by atomic mass is 9.96. The van der Waals surface area contributed by atoms with Gasteiger partial charge in [-0.05, 0) is 37.7 Å². The van der Waals surface area contributed by atoms with E-state index in [0.29, 0.717) is 12.0 Å². The van der Waals surface area contributed by atoms with E-state index < -0.39 is 0 Å². The van der Waals surface area contributed by atoms with Gasteiger partial charge in [-0.2, -0.15) is 5.10 Å².